The van der Waals surface area contributed by atoms with E-state index in [2.05, 4.69) is 15.6 Å². The highest BCUT2D eigenvalue weighted by atomic mass is 16.5. The van der Waals surface area contributed by atoms with E-state index in [0.717, 1.165) is 5.56 Å². The molecular weight excluding hydrogens is 320 g/mol. The number of pyridine rings is 1. The summed E-state index contributed by atoms with van der Waals surface area (Å²) in [6, 6.07) is 12.0. The van der Waals surface area contributed by atoms with E-state index < -0.39 is 0 Å². The Morgan fingerprint density at radius 3 is 2.56 bits per heavy atom. The molecule has 7 heteroatoms. The van der Waals surface area contributed by atoms with Crippen LogP contribution in [-0.4, -0.2) is 29.9 Å². The lowest BCUT2D eigenvalue weighted by Gasteiger charge is -2.08. The highest BCUT2D eigenvalue weighted by Crippen LogP contribution is 2.11. The first-order valence-electron chi connectivity index (χ1n) is 7.69. The fourth-order valence-electron chi connectivity index (χ4n) is 1.89. The molecule has 0 radical (unpaired) electrons. The third kappa shape index (κ3) is 6.31. The van der Waals surface area contributed by atoms with E-state index in [9.17, 15) is 9.59 Å². The van der Waals surface area contributed by atoms with Gasteiger partial charge >= 0.3 is 0 Å². The first-order valence-corrected chi connectivity index (χ1v) is 7.69. The number of nitriles is 1. The van der Waals surface area contributed by atoms with E-state index >= 15 is 0 Å². The molecule has 2 aromatic rings. The van der Waals surface area contributed by atoms with E-state index in [1.807, 2.05) is 19.1 Å². The molecule has 25 heavy (non-hydrogen) atoms. The fraction of sp³-hybridized carbons (Fsp3) is 0.222. The van der Waals surface area contributed by atoms with Crippen molar-refractivity contribution in [3.05, 3.63) is 53.7 Å². The quantitative estimate of drug-likeness (QED) is 0.801. The van der Waals surface area contributed by atoms with Gasteiger partial charge in [-0.15, -0.1) is 0 Å². The SMILES string of the molecule is Cc1ccc(NC(=O)CCNC(=O)COc2ccc(C#N)cc2)nc1. The third-order valence-electron chi connectivity index (χ3n) is 3.21. The topological polar surface area (TPSA) is 104 Å². The van der Waals surface area contributed by atoms with Crippen LogP contribution < -0.4 is 15.4 Å². The Bertz CT molecular complexity index is 764. The number of aryl methyl sites for hydroxylation is 1. The number of nitrogens with zero attached hydrogens (tertiary/aromatic N) is 2. The summed E-state index contributed by atoms with van der Waals surface area (Å²) in [7, 11) is 0. The minimum Gasteiger partial charge on any atom is -0.484 e. The summed E-state index contributed by atoms with van der Waals surface area (Å²) in [5.41, 5.74) is 1.53. The predicted octanol–water partition coefficient (Wildman–Crippen LogP) is 1.79. The van der Waals surface area contributed by atoms with Gasteiger partial charge < -0.3 is 15.4 Å². The van der Waals surface area contributed by atoms with Crippen molar-refractivity contribution >= 4 is 17.6 Å². The van der Waals surface area contributed by atoms with Crippen LogP contribution in [-0.2, 0) is 9.59 Å². The molecule has 0 spiro atoms. The number of benzene rings is 1. The Balaban J connectivity index is 1.65. The molecule has 7 nitrogen and oxygen atoms in total. The average molecular weight is 338 g/mol. The van der Waals surface area contributed by atoms with Crippen LogP contribution in [0.15, 0.2) is 42.6 Å². The molecule has 128 valence electrons. The lowest BCUT2D eigenvalue weighted by Crippen LogP contribution is -2.31. The number of aromatic nitrogens is 1. The van der Waals surface area contributed by atoms with Crippen molar-refractivity contribution in [2.24, 2.45) is 0 Å². The number of hydrogen-bond donors (Lipinski definition) is 2. The number of rotatable bonds is 7. The Morgan fingerprint density at radius 1 is 1.16 bits per heavy atom. The van der Waals surface area contributed by atoms with E-state index in [1.165, 1.54) is 0 Å². The van der Waals surface area contributed by atoms with Crippen molar-refractivity contribution in [2.75, 3.05) is 18.5 Å². The van der Waals surface area contributed by atoms with Gasteiger partial charge in [-0.25, -0.2) is 4.98 Å². The molecule has 2 rings (SSSR count). The zero-order valence-corrected chi connectivity index (χ0v) is 13.8. The van der Waals surface area contributed by atoms with Crippen LogP contribution in [0.4, 0.5) is 5.82 Å². The number of carbonyl (C=O) groups is 2. The largest absolute Gasteiger partial charge is 0.484 e. The number of amides is 2. The van der Waals surface area contributed by atoms with Crippen molar-refractivity contribution in [1.82, 2.24) is 10.3 Å². The molecule has 0 unspecified atom stereocenters. The van der Waals surface area contributed by atoms with Gasteiger partial charge in [0.15, 0.2) is 6.61 Å². The van der Waals surface area contributed by atoms with E-state index in [1.54, 1.807) is 36.5 Å². The molecule has 1 aromatic carbocycles. The van der Waals surface area contributed by atoms with Gasteiger partial charge in [-0.05, 0) is 42.8 Å². The van der Waals surface area contributed by atoms with Crippen LogP contribution in [0.25, 0.3) is 0 Å². The zero-order valence-electron chi connectivity index (χ0n) is 13.8. The predicted molar refractivity (Wildman–Crippen MR) is 91.9 cm³/mol. The van der Waals surface area contributed by atoms with Gasteiger partial charge in [0, 0.05) is 19.2 Å². The molecule has 0 aliphatic rings. The maximum absolute atomic E-state index is 11.8. The second-order valence-electron chi connectivity index (χ2n) is 5.29. The van der Waals surface area contributed by atoms with Gasteiger partial charge in [0.25, 0.3) is 5.91 Å². The Labute approximate surface area is 145 Å². The molecule has 0 atom stereocenters. The molecule has 0 fully saturated rings. The second kappa shape index (κ2) is 9.03. The molecule has 1 heterocycles. The maximum atomic E-state index is 11.8. The van der Waals surface area contributed by atoms with Gasteiger partial charge in [0.2, 0.25) is 5.91 Å². The van der Waals surface area contributed by atoms with E-state index in [0.29, 0.717) is 17.1 Å². The number of ether oxygens (including phenoxy) is 1. The minimum absolute atomic E-state index is 0.137. The molecular formula is C18H18N4O3. The standard InChI is InChI=1S/C18H18N4O3/c1-13-2-7-16(21-11-13)22-17(23)8-9-20-18(24)12-25-15-5-3-14(10-19)4-6-15/h2-7,11H,8-9,12H2,1H3,(H,20,24)(H,21,22,23). The zero-order chi connectivity index (χ0) is 18.1. The number of hydrogen-bond acceptors (Lipinski definition) is 5. The Hall–Kier alpha value is -3.40. The van der Waals surface area contributed by atoms with Crippen LogP contribution in [0.1, 0.15) is 17.5 Å². The van der Waals surface area contributed by atoms with Crippen LogP contribution in [0.2, 0.25) is 0 Å². The van der Waals surface area contributed by atoms with Crippen molar-refractivity contribution < 1.29 is 14.3 Å². The summed E-state index contributed by atoms with van der Waals surface area (Å²) in [6.45, 7) is 1.95. The first kappa shape index (κ1) is 17.9. The lowest BCUT2D eigenvalue weighted by atomic mass is 10.2. The fourth-order valence-corrected chi connectivity index (χ4v) is 1.89. The molecule has 1 aromatic heterocycles. The lowest BCUT2D eigenvalue weighted by molar-refractivity contribution is -0.123. The average Bonchev–Trinajstić information content (AvgIpc) is 2.62. The van der Waals surface area contributed by atoms with E-state index in [4.69, 9.17) is 10.00 Å². The molecule has 2 N–H and O–H groups in total. The molecule has 0 bridgehead atoms. The summed E-state index contributed by atoms with van der Waals surface area (Å²) < 4.78 is 5.30. The van der Waals surface area contributed by atoms with Crippen LogP contribution in [0, 0.1) is 18.3 Å². The van der Waals surface area contributed by atoms with Gasteiger partial charge in [0.05, 0.1) is 11.6 Å². The van der Waals surface area contributed by atoms with Crippen molar-refractivity contribution in [2.45, 2.75) is 13.3 Å². The molecule has 2 amide bonds. The minimum atomic E-state index is -0.328. The number of anilines is 1. The monoisotopic (exact) mass is 338 g/mol. The van der Waals surface area contributed by atoms with Crippen LogP contribution in [0.5, 0.6) is 5.75 Å². The summed E-state index contributed by atoms with van der Waals surface area (Å²) in [5.74, 6) is 0.415. The van der Waals surface area contributed by atoms with Crippen molar-refractivity contribution in [1.29, 1.82) is 5.26 Å². The second-order valence-corrected chi connectivity index (χ2v) is 5.29. The summed E-state index contributed by atoms with van der Waals surface area (Å²) in [4.78, 5) is 27.5. The van der Waals surface area contributed by atoms with Gasteiger partial charge in [-0.1, -0.05) is 6.07 Å². The van der Waals surface area contributed by atoms with E-state index in [-0.39, 0.29) is 31.4 Å². The molecule has 0 saturated carbocycles. The molecule has 0 saturated heterocycles. The maximum Gasteiger partial charge on any atom is 0.257 e. The third-order valence-corrected chi connectivity index (χ3v) is 3.21. The van der Waals surface area contributed by atoms with Gasteiger partial charge in [-0.3, -0.25) is 9.59 Å². The smallest absolute Gasteiger partial charge is 0.257 e. The molecule has 0 aliphatic heterocycles. The first-order chi connectivity index (χ1) is 12.1. The van der Waals surface area contributed by atoms with Crippen molar-refractivity contribution in [3.63, 3.8) is 0 Å². The normalized spacial score (nSPS) is 9.76. The Morgan fingerprint density at radius 2 is 1.92 bits per heavy atom. The number of carbonyl (C=O) groups excluding carboxylic acids is 2. The van der Waals surface area contributed by atoms with Gasteiger partial charge in [0.1, 0.15) is 11.6 Å². The summed E-state index contributed by atoms with van der Waals surface area (Å²) in [5, 5.41) is 14.0. The molecule has 0 aliphatic carbocycles. The Kier molecular flexibility index (Phi) is 6.48. The van der Waals surface area contributed by atoms with Crippen LogP contribution in [0.3, 0.4) is 0 Å². The van der Waals surface area contributed by atoms with Crippen LogP contribution >= 0.6 is 0 Å². The van der Waals surface area contributed by atoms with Gasteiger partial charge in [-0.2, -0.15) is 5.26 Å². The number of nitrogens with one attached hydrogen (secondary N) is 2. The van der Waals surface area contributed by atoms with Crippen molar-refractivity contribution in [3.8, 4) is 11.8 Å². The highest BCUT2D eigenvalue weighted by molar-refractivity contribution is 5.90. The summed E-state index contributed by atoms with van der Waals surface area (Å²) >= 11 is 0. The summed E-state index contributed by atoms with van der Waals surface area (Å²) in [6.07, 6.45) is 1.80. The highest BCUT2D eigenvalue weighted by Gasteiger charge is 2.06.